The molecule has 2 amide bonds. The number of hydrogen-bond donors (Lipinski definition) is 1. The molecule has 0 saturated carbocycles. The van der Waals surface area contributed by atoms with Gasteiger partial charge in [-0.3, -0.25) is 0 Å². The summed E-state index contributed by atoms with van der Waals surface area (Å²) in [4.78, 5) is 10.6. The fraction of sp³-hybridized carbons (Fsp3) is 0.667. The third kappa shape index (κ3) is 1.42. The molecule has 1 unspecified atom stereocenters. The van der Waals surface area contributed by atoms with E-state index in [1.165, 1.54) is 12.1 Å². The summed E-state index contributed by atoms with van der Waals surface area (Å²) in [5.41, 5.74) is 5.00. The zero-order valence-corrected chi connectivity index (χ0v) is 6.57. The molecule has 0 aromatic rings. The average Bonchev–Trinajstić information content (AvgIpc) is 2.31. The van der Waals surface area contributed by atoms with Gasteiger partial charge >= 0.3 is 6.03 Å². The maximum absolute atomic E-state index is 10.6. The summed E-state index contributed by atoms with van der Waals surface area (Å²) in [7, 11) is 1.53. The van der Waals surface area contributed by atoms with Gasteiger partial charge in [0.2, 0.25) is 5.90 Å². The van der Waals surface area contributed by atoms with Crippen LogP contribution in [0, 0.1) is 5.92 Å². The minimum absolute atomic E-state index is 0.146. The average molecular weight is 157 g/mol. The van der Waals surface area contributed by atoms with Crippen LogP contribution in [-0.4, -0.2) is 30.6 Å². The predicted octanol–water partition coefficient (Wildman–Crippen LogP) is -0.0233. The van der Waals surface area contributed by atoms with E-state index in [0.717, 1.165) is 0 Å². The fourth-order valence-corrected chi connectivity index (χ4v) is 0.977. The maximum atomic E-state index is 10.6. The Morgan fingerprint density at radius 3 is 2.82 bits per heavy atom. The molecule has 0 bridgehead atoms. The van der Waals surface area contributed by atoms with Gasteiger partial charge in [0, 0.05) is 0 Å². The molecule has 1 heterocycles. The molecule has 0 aromatic heterocycles. The molecule has 1 aliphatic rings. The first kappa shape index (κ1) is 7.84. The smallest absolute Gasteiger partial charge is 0.335 e. The van der Waals surface area contributed by atoms with Gasteiger partial charge in [0.1, 0.15) is 0 Å². The first-order valence-corrected chi connectivity index (χ1v) is 3.34. The highest BCUT2D eigenvalue weighted by atomic mass is 16.5. The Hall–Kier alpha value is -1.26. The SMILES string of the molecule is COC1=NN(C(N)=O)CC1C. The van der Waals surface area contributed by atoms with Crippen molar-refractivity contribution in [2.75, 3.05) is 13.7 Å². The lowest BCUT2D eigenvalue weighted by molar-refractivity contribution is 0.212. The third-order valence-corrected chi connectivity index (χ3v) is 1.55. The minimum Gasteiger partial charge on any atom is -0.483 e. The van der Waals surface area contributed by atoms with Crippen molar-refractivity contribution in [1.82, 2.24) is 5.01 Å². The van der Waals surface area contributed by atoms with Gasteiger partial charge in [-0.15, -0.1) is 5.10 Å². The number of hydrogen-bond acceptors (Lipinski definition) is 3. The van der Waals surface area contributed by atoms with E-state index in [1.807, 2.05) is 6.92 Å². The van der Waals surface area contributed by atoms with Gasteiger partial charge in [-0.2, -0.15) is 0 Å². The molecule has 0 fully saturated rings. The summed E-state index contributed by atoms with van der Waals surface area (Å²) < 4.78 is 4.90. The van der Waals surface area contributed by atoms with Crippen LogP contribution >= 0.6 is 0 Å². The Morgan fingerprint density at radius 2 is 2.55 bits per heavy atom. The van der Waals surface area contributed by atoms with Crippen molar-refractivity contribution in [3.63, 3.8) is 0 Å². The van der Waals surface area contributed by atoms with Crippen LogP contribution < -0.4 is 5.73 Å². The van der Waals surface area contributed by atoms with E-state index in [9.17, 15) is 4.79 Å². The lowest BCUT2D eigenvalue weighted by Crippen LogP contribution is -2.30. The second kappa shape index (κ2) is 2.77. The van der Waals surface area contributed by atoms with Gasteiger partial charge in [-0.1, -0.05) is 6.92 Å². The lowest BCUT2D eigenvalue weighted by atomic mass is 10.2. The number of methoxy groups -OCH3 is 1. The zero-order chi connectivity index (χ0) is 8.43. The summed E-state index contributed by atoms with van der Waals surface area (Å²) in [5, 5.41) is 5.04. The molecule has 1 rings (SSSR count). The molecule has 5 nitrogen and oxygen atoms in total. The number of carbonyl (C=O) groups excluding carboxylic acids is 1. The lowest BCUT2D eigenvalue weighted by Gasteiger charge is -2.06. The second-order valence-electron chi connectivity index (χ2n) is 2.46. The van der Waals surface area contributed by atoms with Gasteiger partial charge in [-0.25, -0.2) is 9.80 Å². The molecule has 0 radical (unpaired) electrons. The van der Waals surface area contributed by atoms with Crippen molar-refractivity contribution in [1.29, 1.82) is 0 Å². The summed E-state index contributed by atoms with van der Waals surface area (Å²) >= 11 is 0. The molecular formula is C6H11N3O2. The third-order valence-electron chi connectivity index (χ3n) is 1.55. The summed E-state index contributed by atoms with van der Waals surface area (Å²) in [6, 6.07) is -0.538. The molecule has 0 spiro atoms. The number of carbonyl (C=O) groups is 1. The standard InChI is InChI=1S/C6H11N3O2/c1-4-3-9(6(7)10)8-5(4)11-2/h4H,3H2,1-2H3,(H2,7,10). The first-order chi connectivity index (χ1) is 5.15. The quantitative estimate of drug-likeness (QED) is 0.536. The van der Waals surface area contributed by atoms with E-state index in [2.05, 4.69) is 5.10 Å². The topological polar surface area (TPSA) is 67.9 Å². The highest BCUT2D eigenvalue weighted by Crippen LogP contribution is 2.12. The molecule has 5 heteroatoms. The largest absolute Gasteiger partial charge is 0.483 e. The van der Waals surface area contributed by atoms with E-state index in [-0.39, 0.29) is 5.92 Å². The zero-order valence-electron chi connectivity index (χ0n) is 6.57. The number of rotatable bonds is 0. The van der Waals surface area contributed by atoms with Crippen LogP contribution in [0.2, 0.25) is 0 Å². The summed E-state index contributed by atoms with van der Waals surface area (Å²) in [5.74, 6) is 0.705. The Bertz CT molecular complexity index is 202. The van der Waals surface area contributed by atoms with Crippen LogP contribution in [0.1, 0.15) is 6.92 Å². The number of amides is 2. The number of nitrogens with two attached hydrogens (primary N) is 1. The van der Waals surface area contributed by atoms with Crippen LogP contribution in [0.4, 0.5) is 4.79 Å². The molecule has 0 aromatic carbocycles. The van der Waals surface area contributed by atoms with Gasteiger partial charge in [0.15, 0.2) is 0 Å². The van der Waals surface area contributed by atoms with Crippen molar-refractivity contribution < 1.29 is 9.53 Å². The van der Waals surface area contributed by atoms with E-state index >= 15 is 0 Å². The van der Waals surface area contributed by atoms with Gasteiger partial charge in [-0.05, 0) is 0 Å². The van der Waals surface area contributed by atoms with Crippen LogP contribution in [0.25, 0.3) is 0 Å². The van der Waals surface area contributed by atoms with Gasteiger partial charge in [0.05, 0.1) is 19.6 Å². The van der Waals surface area contributed by atoms with Crippen molar-refractivity contribution in [3.05, 3.63) is 0 Å². The highest BCUT2D eigenvalue weighted by Gasteiger charge is 2.25. The molecule has 62 valence electrons. The molecule has 0 saturated heterocycles. The number of nitrogens with zero attached hydrogens (tertiary/aromatic N) is 2. The van der Waals surface area contributed by atoms with E-state index in [0.29, 0.717) is 12.4 Å². The Balaban J connectivity index is 2.66. The maximum Gasteiger partial charge on any atom is 0.335 e. The van der Waals surface area contributed by atoms with E-state index in [1.54, 1.807) is 0 Å². The minimum atomic E-state index is -0.538. The molecular weight excluding hydrogens is 146 g/mol. The van der Waals surface area contributed by atoms with Crippen molar-refractivity contribution in [3.8, 4) is 0 Å². The van der Waals surface area contributed by atoms with Crippen LogP contribution in [0.5, 0.6) is 0 Å². The number of hydrazone groups is 1. The van der Waals surface area contributed by atoms with Crippen molar-refractivity contribution in [2.24, 2.45) is 16.8 Å². The molecule has 2 N–H and O–H groups in total. The second-order valence-corrected chi connectivity index (χ2v) is 2.46. The van der Waals surface area contributed by atoms with Crippen LogP contribution in [0.15, 0.2) is 5.10 Å². The normalized spacial score (nSPS) is 23.3. The number of ether oxygens (including phenoxy) is 1. The Labute approximate surface area is 64.8 Å². The molecule has 1 atom stereocenters. The summed E-state index contributed by atoms with van der Waals surface area (Å²) in [6.07, 6.45) is 0. The van der Waals surface area contributed by atoms with Crippen LogP contribution in [0.3, 0.4) is 0 Å². The van der Waals surface area contributed by atoms with Crippen molar-refractivity contribution in [2.45, 2.75) is 6.92 Å². The molecule has 11 heavy (non-hydrogen) atoms. The van der Waals surface area contributed by atoms with Crippen molar-refractivity contribution >= 4 is 11.9 Å². The first-order valence-electron chi connectivity index (χ1n) is 3.34. The Kier molecular flexibility index (Phi) is 1.98. The highest BCUT2D eigenvalue weighted by molar-refractivity contribution is 5.84. The molecule has 1 aliphatic heterocycles. The van der Waals surface area contributed by atoms with Gasteiger partial charge < -0.3 is 10.5 Å². The number of urea groups is 1. The number of primary amides is 1. The molecule has 0 aliphatic carbocycles. The summed E-state index contributed by atoms with van der Waals surface area (Å²) in [6.45, 7) is 2.43. The Morgan fingerprint density at radius 1 is 1.91 bits per heavy atom. The van der Waals surface area contributed by atoms with E-state index in [4.69, 9.17) is 10.5 Å². The van der Waals surface area contributed by atoms with Crippen LogP contribution in [-0.2, 0) is 4.74 Å². The monoisotopic (exact) mass is 157 g/mol. The fourth-order valence-electron chi connectivity index (χ4n) is 0.977. The van der Waals surface area contributed by atoms with Gasteiger partial charge in [0.25, 0.3) is 0 Å². The van der Waals surface area contributed by atoms with E-state index < -0.39 is 6.03 Å². The predicted molar refractivity (Wildman–Crippen MR) is 39.9 cm³/mol.